The standard InChI is InChI=1S/C12H15BrClNOS/c1-8(7-17-2)6-15-12(16)9-3-4-11(14)10(13)5-9/h3-5,8H,6-7H2,1-2H3,(H,15,16). The minimum absolute atomic E-state index is 0.0599. The van der Waals surface area contributed by atoms with E-state index < -0.39 is 0 Å². The van der Waals surface area contributed by atoms with Crippen LogP contribution in [0.4, 0.5) is 0 Å². The molecule has 17 heavy (non-hydrogen) atoms. The largest absolute Gasteiger partial charge is 0.352 e. The molecular weight excluding hydrogens is 322 g/mol. The summed E-state index contributed by atoms with van der Waals surface area (Å²) in [6, 6.07) is 5.17. The molecule has 0 radical (unpaired) electrons. The topological polar surface area (TPSA) is 29.1 Å². The highest BCUT2D eigenvalue weighted by atomic mass is 79.9. The lowest BCUT2D eigenvalue weighted by molar-refractivity contribution is 0.0949. The van der Waals surface area contributed by atoms with Crippen LogP contribution in [0.2, 0.25) is 5.02 Å². The average molecular weight is 337 g/mol. The molecule has 0 saturated carbocycles. The van der Waals surface area contributed by atoms with Gasteiger partial charge in [0, 0.05) is 16.6 Å². The number of amides is 1. The van der Waals surface area contributed by atoms with Crippen molar-refractivity contribution >= 4 is 45.2 Å². The van der Waals surface area contributed by atoms with E-state index in [9.17, 15) is 4.79 Å². The van der Waals surface area contributed by atoms with Gasteiger partial charge in [0.25, 0.3) is 5.91 Å². The molecule has 1 atom stereocenters. The summed E-state index contributed by atoms with van der Waals surface area (Å²) in [5.41, 5.74) is 0.623. The Kier molecular flexibility index (Phi) is 6.38. The fraction of sp³-hybridized carbons (Fsp3) is 0.417. The van der Waals surface area contributed by atoms with Gasteiger partial charge >= 0.3 is 0 Å². The van der Waals surface area contributed by atoms with Crippen LogP contribution < -0.4 is 5.32 Å². The predicted octanol–water partition coefficient (Wildman–Crippen LogP) is 3.83. The second kappa shape index (κ2) is 7.29. The Bertz CT molecular complexity index is 400. The lowest BCUT2D eigenvalue weighted by Gasteiger charge is -2.11. The van der Waals surface area contributed by atoms with E-state index in [2.05, 4.69) is 34.4 Å². The molecule has 0 spiro atoms. The molecule has 5 heteroatoms. The van der Waals surface area contributed by atoms with Gasteiger partial charge in [-0.2, -0.15) is 11.8 Å². The highest BCUT2D eigenvalue weighted by Gasteiger charge is 2.09. The molecule has 0 fully saturated rings. The third-order valence-electron chi connectivity index (χ3n) is 2.24. The van der Waals surface area contributed by atoms with Crippen molar-refractivity contribution in [1.82, 2.24) is 5.32 Å². The van der Waals surface area contributed by atoms with E-state index >= 15 is 0 Å². The van der Waals surface area contributed by atoms with Crippen molar-refractivity contribution in [3.05, 3.63) is 33.3 Å². The van der Waals surface area contributed by atoms with Gasteiger partial charge in [0.1, 0.15) is 0 Å². The number of carbonyl (C=O) groups excluding carboxylic acids is 1. The van der Waals surface area contributed by atoms with Crippen molar-refractivity contribution < 1.29 is 4.79 Å². The number of nitrogens with one attached hydrogen (secondary N) is 1. The predicted molar refractivity (Wildman–Crippen MR) is 79.0 cm³/mol. The Hall–Kier alpha value is -0.190. The fourth-order valence-electron chi connectivity index (χ4n) is 1.35. The summed E-state index contributed by atoms with van der Waals surface area (Å²) in [6.45, 7) is 2.81. The average Bonchev–Trinajstić information content (AvgIpc) is 2.30. The summed E-state index contributed by atoms with van der Waals surface area (Å²) in [7, 11) is 0. The highest BCUT2D eigenvalue weighted by molar-refractivity contribution is 9.10. The van der Waals surface area contributed by atoms with E-state index in [4.69, 9.17) is 11.6 Å². The molecule has 94 valence electrons. The van der Waals surface area contributed by atoms with Gasteiger partial charge in [-0.1, -0.05) is 18.5 Å². The first-order chi connectivity index (χ1) is 8.04. The second-order valence-corrected chi connectivity index (χ2v) is 6.07. The lowest BCUT2D eigenvalue weighted by atomic mass is 10.2. The molecule has 2 nitrogen and oxygen atoms in total. The summed E-state index contributed by atoms with van der Waals surface area (Å²) < 4.78 is 0.740. The van der Waals surface area contributed by atoms with E-state index in [1.54, 1.807) is 30.0 Å². The van der Waals surface area contributed by atoms with Crippen molar-refractivity contribution in [3.8, 4) is 0 Å². The Labute approximate surface area is 120 Å². The highest BCUT2D eigenvalue weighted by Crippen LogP contribution is 2.23. The van der Waals surface area contributed by atoms with Gasteiger partial charge in [0.15, 0.2) is 0 Å². The molecule has 1 rings (SSSR count). The fourth-order valence-corrected chi connectivity index (χ4v) is 2.53. The zero-order valence-electron chi connectivity index (χ0n) is 9.80. The molecule has 0 saturated heterocycles. The van der Waals surface area contributed by atoms with Crippen LogP contribution >= 0.6 is 39.3 Å². The number of rotatable bonds is 5. The third-order valence-corrected chi connectivity index (χ3v) is 4.36. The van der Waals surface area contributed by atoms with Gasteiger partial charge in [-0.05, 0) is 52.1 Å². The van der Waals surface area contributed by atoms with Crippen LogP contribution in [0, 0.1) is 5.92 Å². The zero-order valence-corrected chi connectivity index (χ0v) is 13.0. The van der Waals surface area contributed by atoms with Crippen LogP contribution in [0.25, 0.3) is 0 Å². The summed E-state index contributed by atoms with van der Waals surface area (Å²) in [4.78, 5) is 11.8. The molecule has 0 aliphatic rings. The first-order valence-electron chi connectivity index (χ1n) is 5.26. The van der Waals surface area contributed by atoms with Crippen molar-refractivity contribution in [3.63, 3.8) is 0 Å². The van der Waals surface area contributed by atoms with Crippen LogP contribution in [-0.4, -0.2) is 24.5 Å². The normalized spacial score (nSPS) is 12.2. The van der Waals surface area contributed by atoms with Gasteiger partial charge in [-0.25, -0.2) is 0 Å². The van der Waals surface area contributed by atoms with Gasteiger partial charge < -0.3 is 5.32 Å². The van der Waals surface area contributed by atoms with E-state index in [1.165, 1.54) is 0 Å². The third kappa shape index (κ3) is 4.90. The van der Waals surface area contributed by atoms with Gasteiger partial charge in [0.05, 0.1) is 5.02 Å². The van der Waals surface area contributed by atoms with E-state index in [0.29, 0.717) is 23.0 Å². The van der Waals surface area contributed by atoms with E-state index in [0.717, 1.165) is 10.2 Å². The first-order valence-corrected chi connectivity index (χ1v) is 7.83. The maximum absolute atomic E-state index is 11.8. The number of halogens is 2. The van der Waals surface area contributed by atoms with Crippen molar-refractivity contribution in [2.75, 3.05) is 18.6 Å². The van der Waals surface area contributed by atoms with Crippen molar-refractivity contribution in [1.29, 1.82) is 0 Å². The molecule has 0 aliphatic heterocycles. The maximum Gasteiger partial charge on any atom is 0.251 e. The van der Waals surface area contributed by atoms with Crippen LogP contribution in [0.3, 0.4) is 0 Å². The lowest BCUT2D eigenvalue weighted by Crippen LogP contribution is -2.29. The van der Waals surface area contributed by atoms with Crippen LogP contribution in [0.5, 0.6) is 0 Å². The maximum atomic E-state index is 11.8. The number of thioether (sulfide) groups is 1. The molecule has 1 amide bonds. The Balaban J connectivity index is 2.55. The number of carbonyl (C=O) groups is 1. The Morgan fingerprint density at radius 2 is 2.29 bits per heavy atom. The molecule has 1 aromatic carbocycles. The summed E-state index contributed by atoms with van der Waals surface area (Å²) >= 11 is 11.0. The molecule has 1 aromatic rings. The minimum Gasteiger partial charge on any atom is -0.352 e. The zero-order chi connectivity index (χ0) is 12.8. The number of hydrogen-bond acceptors (Lipinski definition) is 2. The van der Waals surface area contributed by atoms with Gasteiger partial charge in [-0.15, -0.1) is 0 Å². The Morgan fingerprint density at radius 3 is 2.88 bits per heavy atom. The summed E-state index contributed by atoms with van der Waals surface area (Å²) in [5, 5.41) is 3.52. The van der Waals surface area contributed by atoms with E-state index in [1.807, 2.05) is 0 Å². The van der Waals surface area contributed by atoms with Crippen LogP contribution in [0.15, 0.2) is 22.7 Å². The molecule has 0 heterocycles. The molecule has 0 aliphatic carbocycles. The Morgan fingerprint density at radius 1 is 1.59 bits per heavy atom. The summed E-state index contributed by atoms with van der Waals surface area (Å²) in [6.07, 6.45) is 2.06. The minimum atomic E-state index is -0.0599. The smallest absolute Gasteiger partial charge is 0.251 e. The van der Waals surface area contributed by atoms with Crippen molar-refractivity contribution in [2.45, 2.75) is 6.92 Å². The van der Waals surface area contributed by atoms with Crippen LogP contribution in [0.1, 0.15) is 17.3 Å². The van der Waals surface area contributed by atoms with E-state index in [-0.39, 0.29) is 5.91 Å². The molecule has 0 aromatic heterocycles. The number of benzene rings is 1. The number of hydrogen-bond donors (Lipinski definition) is 1. The van der Waals surface area contributed by atoms with Crippen molar-refractivity contribution in [2.24, 2.45) is 5.92 Å². The molecule has 0 bridgehead atoms. The molecular formula is C12H15BrClNOS. The monoisotopic (exact) mass is 335 g/mol. The van der Waals surface area contributed by atoms with Crippen LogP contribution in [-0.2, 0) is 0 Å². The SMILES string of the molecule is CSCC(C)CNC(=O)c1ccc(Cl)c(Br)c1. The van der Waals surface area contributed by atoms with Gasteiger partial charge in [-0.3, -0.25) is 4.79 Å². The van der Waals surface area contributed by atoms with Gasteiger partial charge in [0.2, 0.25) is 0 Å². The second-order valence-electron chi connectivity index (χ2n) is 3.90. The molecule has 1 N–H and O–H groups in total. The first kappa shape index (κ1) is 14.9. The molecule has 1 unspecified atom stereocenters. The quantitative estimate of drug-likeness (QED) is 0.885. The summed E-state index contributed by atoms with van der Waals surface area (Å²) in [5.74, 6) is 1.46.